The maximum atomic E-state index is 2.72. The van der Waals surface area contributed by atoms with Crippen molar-refractivity contribution in [3.8, 4) is 0 Å². The zero-order valence-electron chi connectivity index (χ0n) is 23.6. The van der Waals surface area contributed by atoms with Crippen molar-refractivity contribution < 1.29 is 0 Å². The molecule has 0 amide bonds. The molecule has 0 aromatic heterocycles. The Bertz CT molecular complexity index is 1860. The van der Waals surface area contributed by atoms with Crippen molar-refractivity contribution in [3.05, 3.63) is 135 Å². The van der Waals surface area contributed by atoms with Gasteiger partial charge in [-0.05, 0) is 106 Å². The predicted molar refractivity (Wildman–Crippen MR) is 173 cm³/mol. The molecule has 0 radical (unpaired) electrons. The smallest absolute Gasteiger partial charge is 0.0675 e. The lowest BCUT2D eigenvalue weighted by atomic mass is 9.96. The van der Waals surface area contributed by atoms with Crippen LogP contribution in [0.25, 0.3) is 33.7 Å². The molecule has 0 saturated heterocycles. The van der Waals surface area contributed by atoms with Crippen LogP contribution in [0.1, 0.15) is 69.4 Å². The Balaban J connectivity index is 1.33. The van der Waals surface area contributed by atoms with E-state index in [1.807, 2.05) is 0 Å². The lowest BCUT2D eigenvalue weighted by Gasteiger charge is -2.42. The van der Waals surface area contributed by atoms with Gasteiger partial charge in [-0.1, -0.05) is 114 Å². The number of fused-ring (bicyclic) bond motifs is 4. The van der Waals surface area contributed by atoms with Gasteiger partial charge in [-0.2, -0.15) is 0 Å². The van der Waals surface area contributed by atoms with E-state index >= 15 is 0 Å². The fourth-order valence-corrected chi connectivity index (χ4v) is 15.3. The average Bonchev–Trinajstić information content (AvgIpc) is 3.74. The summed E-state index contributed by atoms with van der Waals surface area (Å²) in [6.45, 7) is 7.58. The van der Waals surface area contributed by atoms with E-state index in [1.54, 1.807) is 60.5 Å². The minimum absolute atomic E-state index is 0.463. The van der Waals surface area contributed by atoms with Crippen LogP contribution in [0.3, 0.4) is 0 Å². The van der Waals surface area contributed by atoms with Crippen molar-refractivity contribution in [2.75, 3.05) is 0 Å². The Morgan fingerprint density at radius 1 is 0.550 bits per heavy atom. The topological polar surface area (TPSA) is 0 Å². The van der Waals surface area contributed by atoms with E-state index in [9.17, 15) is 0 Å². The molecule has 0 fully saturated rings. The summed E-state index contributed by atoms with van der Waals surface area (Å²) in [4.78, 5) is 0. The Labute approximate surface area is 238 Å². The van der Waals surface area contributed by atoms with Crippen LogP contribution in [0.5, 0.6) is 0 Å². The molecule has 0 bridgehead atoms. The third-order valence-electron chi connectivity index (χ3n) is 11.0. The van der Waals surface area contributed by atoms with Gasteiger partial charge in [-0.25, -0.2) is 0 Å². The van der Waals surface area contributed by atoms with Crippen molar-refractivity contribution in [1.82, 2.24) is 0 Å². The van der Waals surface area contributed by atoms with Gasteiger partial charge in [0.05, 0.1) is 0 Å². The third kappa shape index (κ3) is 2.82. The Hall–Kier alpha value is -3.68. The van der Waals surface area contributed by atoms with Gasteiger partial charge in [0.1, 0.15) is 8.07 Å². The minimum atomic E-state index is -2.24. The van der Waals surface area contributed by atoms with E-state index in [2.05, 4.69) is 111 Å². The molecule has 0 spiro atoms. The van der Waals surface area contributed by atoms with Gasteiger partial charge in [0.15, 0.2) is 0 Å². The van der Waals surface area contributed by atoms with E-state index < -0.39 is 8.07 Å². The molecule has 5 aromatic rings. The first-order chi connectivity index (χ1) is 19.5. The molecule has 2 unspecified atom stereocenters. The van der Waals surface area contributed by atoms with Gasteiger partial charge >= 0.3 is 0 Å². The number of benzene rings is 5. The first-order valence-corrected chi connectivity index (χ1v) is 17.8. The molecule has 194 valence electrons. The zero-order valence-corrected chi connectivity index (χ0v) is 24.6. The van der Waals surface area contributed by atoms with E-state index in [1.165, 1.54) is 47.6 Å². The molecular weight excluding hydrogens is 497 g/mol. The second kappa shape index (κ2) is 7.95. The van der Waals surface area contributed by atoms with Crippen molar-refractivity contribution in [2.45, 2.75) is 57.2 Å². The summed E-state index contributed by atoms with van der Waals surface area (Å²) in [6.07, 6.45) is 9.87. The van der Waals surface area contributed by atoms with E-state index in [0.717, 1.165) is 0 Å². The molecule has 5 aromatic carbocycles. The maximum absolute atomic E-state index is 2.72. The molecule has 0 N–H and O–H groups in total. The van der Waals surface area contributed by atoms with Crippen LogP contribution in [0.4, 0.5) is 0 Å². The molecule has 0 aliphatic heterocycles. The number of aryl methyl sites for hydroxylation is 4. The van der Waals surface area contributed by atoms with Gasteiger partial charge in [0.2, 0.25) is 0 Å². The van der Waals surface area contributed by atoms with Gasteiger partial charge in [-0.3, -0.25) is 0 Å². The van der Waals surface area contributed by atoms with Crippen LogP contribution < -0.4 is 5.19 Å². The molecule has 9 rings (SSSR count). The zero-order chi connectivity index (χ0) is 26.7. The monoisotopic (exact) mass is 530 g/mol. The van der Waals surface area contributed by atoms with Crippen molar-refractivity contribution >= 4 is 47.0 Å². The van der Waals surface area contributed by atoms with Gasteiger partial charge < -0.3 is 0 Å². The molecule has 0 saturated carbocycles. The van der Waals surface area contributed by atoms with E-state index in [-0.39, 0.29) is 0 Å². The second-order valence-corrected chi connectivity index (χ2v) is 17.3. The van der Waals surface area contributed by atoms with Gasteiger partial charge in [0.25, 0.3) is 0 Å². The second-order valence-electron chi connectivity index (χ2n) is 13.0. The lowest BCUT2D eigenvalue weighted by molar-refractivity contribution is 0.968. The highest BCUT2D eigenvalue weighted by Crippen LogP contribution is 2.55. The SMILES string of the molecule is CC1=Cc2c(cc3c4c(cccc24)CC3)C1[Si](C)(c1ccccc1)C1C(C)=Cc2c1cc1c3c(cccc23)CC1. The fourth-order valence-electron chi connectivity index (χ4n) is 9.55. The van der Waals surface area contributed by atoms with Crippen LogP contribution in [-0.4, -0.2) is 8.07 Å². The summed E-state index contributed by atoms with van der Waals surface area (Å²) in [5.74, 6) is 0. The Kier molecular flexibility index (Phi) is 4.59. The number of hydrogen-bond donors (Lipinski definition) is 0. The average molecular weight is 531 g/mol. The van der Waals surface area contributed by atoms with Crippen LogP contribution >= 0.6 is 0 Å². The standard InChI is InChI=1S/C39H34Si/c1-23-19-32-30-13-7-9-25-15-17-27(36(25)30)21-34(32)38(23)40(3,29-11-5-4-6-12-29)39-24(2)20-33-31-14-8-10-26-16-18-28(37(26)31)22-35(33)39/h4-14,19-22,38-39H,15-18H2,1-3H3. The first kappa shape index (κ1) is 23.1. The highest BCUT2D eigenvalue weighted by molar-refractivity contribution is 6.94. The normalized spacial score (nSPS) is 21.5. The summed E-state index contributed by atoms with van der Waals surface area (Å²) in [5.41, 5.74) is 16.5. The highest BCUT2D eigenvalue weighted by Gasteiger charge is 2.52. The molecule has 0 heterocycles. The molecule has 2 atom stereocenters. The van der Waals surface area contributed by atoms with E-state index in [4.69, 9.17) is 0 Å². The van der Waals surface area contributed by atoms with Crippen LogP contribution in [0.15, 0.2) is 90.0 Å². The Morgan fingerprint density at radius 3 is 1.52 bits per heavy atom. The van der Waals surface area contributed by atoms with Crippen molar-refractivity contribution in [1.29, 1.82) is 0 Å². The maximum Gasteiger partial charge on any atom is 0.106 e. The summed E-state index contributed by atoms with van der Waals surface area (Å²) in [5, 5.41) is 7.64. The van der Waals surface area contributed by atoms with Crippen LogP contribution in [0.2, 0.25) is 6.55 Å². The molecule has 1 heteroatoms. The fraction of sp³-hybridized carbons (Fsp3) is 0.231. The van der Waals surface area contributed by atoms with Crippen LogP contribution in [-0.2, 0) is 25.7 Å². The summed E-state index contributed by atoms with van der Waals surface area (Å²) < 4.78 is 0. The molecular formula is C39H34Si. The largest absolute Gasteiger partial charge is 0.106 e. The lowest BCUT2D eigenvalue weighted by Crippen LogP contribution is -2.56. The molecule has 0 nitrogen and oxygen atoms in total. The molecule has 40 heavy (non-hydrogen) atoms. The number of hydrogen-bond acceptors (Lipinski definition) is 0. The first-order valence-electron chi connectivity index (χ1n) is 15.1. The third-order valence-corrected chi connectivity index (χ3v) is 16.5. The quantitative estimate of drug-likeness (QED) is 0.204. The van der Waals surface area contributed by atoms with Gasteiger partial charge in [-0.15, -0.1) is 0 Å². The van der Waals surface area contributed by atoms with E-state index in [0.29, 0.717) is 11.1 Å². The Morgan fingerprint density at radius 2 is 1.02 bits per heavy atom. The van der Waals surface area contributed by atoms with Crippen LogP contribution in [0, 0.1) is 0 Å². The van der Waals surface area contributed by atoms with Crippen molar-refractivity contribution in [3.63, 3.8) is 0 Å². The molecule has 4 aliphatic carbocycles. The predicted octanol–water partition coefficient (Wildman–Crippen LogP) is 8.96. The molecule has 4 aliphatic rings. The highest BCUT2D eigenvalue weighted by atomic mass is 28.3. The van der Waals surface area contributed by atoms with Gasteiger partial charge in [0, 0.05) is 11.1 Å². The summed E-state index contributed by atoms with van der Waals surface area (Å²) in [7, 11) is -2.24. The van der Waals surface area contributed by atoms with Crippen molar-refractivity contribution in [2.24, 2.45) is 0 Å². The summed E-state index contributed by atoms with van der Waals surface area (Å²) in [6, 6.07) is 31.0. The summed E-state index contributed by atoms with van der Waals surface area (Å²) >= 11 is 0. The number of rotatable bonds is 3. The number of allylic oxidation sites excluding steroid dienone is 2. The minimum Gasteiger partial charge on any atom is -0.0675 e.